The maximum Gasteiger partial charge on any atom is 0.326 e. The summed E-state index contributed by atoms with van der Waals surface area (Å²) in [5.74, 6) is -1.66. The van der Waals surface area contributed by atoms with Crippen LogP contribution < -0.4 is 5.32 Å². The Bertz CT molecular complexity index is 1290. The third-order valence-corrected chi connectivity index (χ3v) is 5.41. The summed E-state index contributed by atoms with van der Waals surface area (Å²) in [4.78, 5) is 35.0. The summed E-state index contributed by atoms with van der Waals surface area (Å²) in [6, 6.07) is 22.2. The third-order valence-electron chi connectivity index (χ3n) is 5.41. The number of hydrogen-bond acceptors (Lipinski definition) is 4. The molecule has 0 heterocycles. The first-order valence-corrected chi connectivity index (χ1v) is 10.1. The van der Waals surface area contributed by atoms with Gasteiger partial charge in [0.05, 0.1) is 11.3 Å². The first-order chi connectivity index (χ1) is 15.4. The Morgan fingerprint density at radius 3 is 2.12 bits per heavy atom. The normalized spacial score (nSPS) is 11.9. The lowest BCUT2D eigenvalue weighted by Crippen LogP contribution is -2.43. The highest BCUT2D eigenvalue weighted by Gasteiger charge is 2.23. The van der Waals surface area contributed by atoms with Crippen LogP contribution in [0.5, 0.6) is 0 Å². The summed E-state index contributed by atoms with van der Waals surface area (Å²) in [5, 5.41) is 27.2. The zero-order valence-electron chi connectivity index (χ0n) is 17.0. The Kier molecular flexibility index (Phi) is 5.81. The molecular formula is C25H20N2O5. The second-order valence-electron chi connectivity index (χ2n) is 7.56. The van der Waals surface area contributed by atoms with Crippen molar-refractivity contribution in [3.63, 3.8) is 0 Å². The van der Waals surface area contributed by atoms with Crippen molar-refractivity contribution < 1.29 is 19.6 Å². The molecule has 0 unspecified atom stereocenters. The van der Waals surface area contributed by atoms with E-state index < -0.39 is 22.8 Å². The first-order valence-electron chi connectivity index (χ1n) is 10.1. The number of fused-ring (bicyclic) bond motifs is 2. The number of hydrogen-bond donors (Lipinski definition) is 2. The van der Waals surface area contributed by atoms with E-state index in [1.165, 1.54) is 18.2 Å². The van der Waals surface area contributed by atoms with Crippen molar-refractivity contribution in [2.45, 2.75) is 18.9 Å². The fourth-order valence-electron chi connectivity index (χ4n) is 3.94. The molecule has 0 saturated carbocycles. The van der Waals surface area contributed by atoms with E-state index >= 15 is 0 Å². The Morgan fingerprint density at radius 2 is 1.53 bits per heavy atom. The van der Waals surface area contributed by atoms with Crippen LogP contribution in [0.25, 0.3) is 21.5 Å². The van der Waals surface area contributed by atoms with E-state index in [0.717, 1.165) is 27.1 Å². The van der Waals surface area contributed by atoms with Gasteiger partial charge in [-0.15, -0.1) is 0 Å². The highest BCUT2D eigenvalue weighted by atomic mass is 16.6. The van der Waals surface area contributed by atoms with Gasteiger partial charge in [-0.2, -0.15) is 0 Å². The topological polar surface area (TPSA) is 110 Å². The highest BCUT2D eigenvalue weighted by molar-refractivity contribution is 6.02. The van der Waals surface area contributed by atoms with Gasteiger partial charge in [0.25, 0.3) is 5.69 Å². The van der Waals surface area contributed by atoms with Crippen molar-refractivity contribution in [1.82, 2.24) is 5.32 Å². The lowest BCUT2D eigenvalue weighted by Gasteiger charge is -2.18. The standard InChI is InChI=1S/C25H20N2O5/c28-24(13-16-6-5-9-19(12-16)27(31)32)26-23(25(29)30)15-22-20-10-3-1-7-17(20)14-18-8-2-4-11-21(18)22/h1-12,14,23H,13,15H2,(H,26,28)(H,29,30)/t23-/m1/s1. The highest BCUT2D eigenvalue weighted by Crippen LogP contribution is 2.29. The molecule has 0 spiro atoms. The minimum absolute atomic E-state index is 0.109. The number of non-ortho nitro benzene ring substituents is 1. The van der Waals surface area contributed by atoms with Crippen molar-refractivity contribution in [2.24, 2.45) is 0 Å². The number of rotatable bonds is 7. The largest absolute Gasteiger partial charge is 0.480 e. The number of carboxylic acids is 1. The summed E-state index contributed by atoms with van der Waals surface area (Å²) in [6.07, 6.45) is -0.0420. The van der Waals surface area contributed by atoms with Gasteiger partial charge < -0.3 is 10.4 Å². The third kappa shape index (κ3) is 4.41. The molecule has 0 bridgehead atoms. The van der Waals surface area contributed by atoms with Crippen LogP contribution in [0.4, 0.5) is 5.69 Å². The molecule has 0 aromatic heterocycles. The van der Waals surface area contributed by atoms with Gasteiger partial charge in [-0.05, 0) is 38.7 Å². The molecule has 4 aromatic carbocycles. The fourth-order valence-corrected chi connectivity index (χ4v) is 3.94. The second-order valence-corrected chi connectivity index (χ2v) is 7.56. The number of carboxylic acid groups (broad SMARTS) is 1. The van der Waals surface area contributed by atoms with E-state index in [2.05, 4.69) is 11.4 Å². The van der Waals surface area contributed by atoms with E-state index in [1.807, 2.05) is 48.5 Å². The van der Waals surface area contributed by atoms with Crippen molar-refractivity contribution in [1.29, 1.82) is 0 Å². The van der Waals surface area contributed by atoms with Gasteiger partial charge in [-0.3, -0.25) is 14.9 Å². The summed E-state index contributed by atoms with van der Waals surface area (Å²) in [5.41, 5.74) is 1.17. The number of nitro benzene ring substituents is 1. The van der Waals surface area contributed by atoms with E-state index in [9.17, 15) is 24.8 Å². The quantitative estimate of drug-likeness (QED) is 0.260. The van der Waals surface area contributed by atoms with Gasteiger partial charge in [0.2, 0.25) is 5.91 Å². The smallest absolute Gasteiger partial charge is 0.326 e. The Morgan fingerprint density at radius 1 is 0.906 bits per heavy atom. The Balaban J connectivity index is 1.62. The van der Waals surface area contributed by atoms with E-state index in [4.69, 9.17) is 0 Å². The van der Waals surface area contributed by atoms with Gasteiger partial charge in [0, 0.05) is 18.6 Å². The summed E-state index contributed by atoms with van der Waals surface area (Å²) >= 11 is 0. The van der Waals surface area contributed by atoms with Crippen LogP contribution in [0.3, 0.4) is 0 Å². The second kappa shape index (κ2) is 8.85. The van der Waals surface area contributed by atoms with Gasteiger partial charge in [0.1, 0.15) is 6.04 Å². The van der Waals surface area contributed by atoms with Crippen LogP contribution >= 0.6 is 0 Å². The molecule has 0 saturated heterocycles. The first kappa shape index (κ1) is 21.0. The predicted molar refractivity (Wildman–Crippen MR) is 122 cm³/mol. The fraction of sp³-hybridized carbons (Fsp3) is 0.120. The Hall–Kier alpha value is -4.26. The van der Waals surface area contributed by atoms with Crippen LogP contribution in [0, 0.1) is 10.1 Å². The molecule has 0 aliphatic rings. The monoisotopic (exact) mass is 428 g/mol. The number of carbonyl (C=O) groups excluding carboxylic acids is 1. The molecule has 2 N–H and O–H groups in total. The number of carbonyl (C=O) groups is 2. The molecule has 0 aliphatic carbocycles. The molecule has 1 amide bonds. The van der Waals surface area contributed by atoms with E-state index in [-0.39, 0.29) is 18.5 Å². The lowest BCUT2D eigenvalue weighted by molar-refractivity contribution is -0.384. The van der Waals surface area contributed by atoms with E-state index in [1.54, 1.807) is 6.07 Å². The number of nitrogens with zero attached hydrogens (tertiary/aromatic N) is 1. The van der Waals surface area contributed by atoms with Crippen LogP contribution in [-0.4, -0.2) is 27.9 Å². The van der Waals surface area contributed by atoms with Crippen molar-refractivity contribution in [3.05, 3.63) is 100 Å². The van der Waals surface area contributed by atoms with Gasteiger partial charge in [-0.1, -0.05) is 60.7 Å². The van der Waals surface area contributed by atoms with Crippen molar-refractivity contribution in [3.8, 4) is 0 Å². The van der Waals surface area contributed by atoms with Crippen LogP contribution in [0.1, 0.15) is 11.1 Å². The number of benzene rings is 4. The molecule has 4 aromatic rings. The predicted octanol–water partition coefficient (Wildman–Crippen LogP) is 4.26. The van der Waals surface area contributed by atoms with E-state index in [0.29, 0.717) is 5.56 Å². The number of amides is 1. The average Bonchev–Trinajstić information content (AvgIpc) is 2.78. The van der Waals surface area contributed by atoms with Crippen molar-refractivity contribution in [2.75, 3.05) is 0 Å². The molecule has 160 valence electrons. The van der Waals surface area contributed by atoms with Crippen LogP contribution in [-0.2, 0) is 22.4 Å². The molecule has 0 aliphatic heterocycles. The maximum atomic E-state index is 12.6. The molecular weight excluding hydrogens is 408 g/mol. The average molecular weight is 428 g/mol. The van der Waals surface area contributed by atoms with Gasteiger partial charge in [0.15, 0.2) is 0 Å². The summed E-state index contributed by atoms with van der Waals surface area (Å²) < 4.78 is 0. The molecule has 7 heteroatoms. The maximum absolute atomic E-state index is 12.6. The minimum Gasteiger partial charge on any atom is -0.480 e. The minimum atomic E-state index is -1.14. The molecule has 32 heavy (non-hydrogen) atoms. The lowest BCUT2D eigenvalue weighted by atomic mass is 9.92. The zero-order valence-corrected chi connectivity index (χ0v) is 17.0. The summed E-state index contributed by atoms with van der Waals surface area (Å²) in [7, 11) is 0. The number of nitro groups is 1. The molecule has 0 radical (unpaired) electrons. The molecule has 1 atom stereocenters. The Labute approximate surface area is 183 Å². The molecule has 0 fully saturated rings. The number of aliphatic carboxylic acids is 1. The van der Waals surface area contributed by atoms with Gasteiger partial charge in [-0.25, -0.2) is 4.79 Å². The van der Waals surface area contributed by atoms with Crippen LogP contribution in [0.2, 0.25) is 0 Å². The van der Waals surface area contributed by atoms with Crippen LogP contribution in [0.15, 0.2) is 78.9 Å². The molecule has 7 nitrogen and oxygen atoms in total. The van der Waals surface area contributed by atoms with Gasteiger partial charge >= 0.3 is 5.97 Å². The van der Waals surface area contributed by atoms with Crippen molar-refractivity contribution >= 4 is 39.1 Å². The summed E-state index contributed by atoms with van der Waals surface area (Å²) in [6.45, 7) is 0. The molecule has 4 rings (SSSR count). The number of nitrogens with one attached hydrogen (secondary N) is 1. The zero-order chi connectivity index (χ0) is 22.7. The SMILES string of the molecule is O=C(Cc1cccc([N+](=O)[O-])c1)N[C@H](Cc1c2ccccc2cc2ccccc12)C(=O)O.